The van der Waals surface area contributed by atoms with E-state index in [9.17, 15) is 14.4 Å². The molecule has 0 unspecified atom stereocenters. The molecule has 2 aliphatic heterocycles. The predicted molar refractivity (Wildman–Crippen MR) is 139 cm³/mol. The summed E-state index contributed by atoms with van der Waals surface area (Å²) >= 11 is 0. The number of hydrogen-bond acceptors (Lipinski definition) is 6. The molecule has 2 aliphatic rings. The van der Waals surface area contributed by atoms with Crippen LogP contribution in [0.5, 0.6) is 11.5 Å². The second kappa shape index (κ2) is 12.2. The van der Waals surface area contributed by atoms with Gasteiger partial charge in [-0.2, -0.15) is 0 Å². The number of rotatable bonds is 2. The molecule has 2 heterocycles. The lowest BCUT2D eigenvalue weighted by Gasteiger charge is -2.39. The van der Waals surface area contributed by atoms with Crippen molar-refractivity contribution in [2.45, 2.75) is 38.0 Å². The van der Waals surface area contributed by atoms with E-state index in [1.807, 2.05) is 67.5 Å². The molecule has 1 fully saturated rings. The summed E-state index contributed by atoms with van der Waals surface area (Å²) in [5.41, 5.74) is 1.94. The molecular weight excluding hydrogens is 472 g/mol. The number of amides is 3. The van der Waals surface area contributed by atoms with Crippen molar-refractivity contribution in [2.24, 2.45) is 0 Å². The van der Waals surface area contributed by atoms with Gasteiger partial charge in [-0.3, -0.25) is 14.4 Å². The smallest absolute Gasteiger partial charge is 0.239 e. The van der Waals surface area contributed by atoms with Crippen molar-refractivity contribution in [1.82, 2.24) is 20.0 Å². The summed E-state index contributed by atoms with van der Waals surface area (Å²) in [4.78, 5) is 43.4. The van der Waals surface area contributed by atoms with Crippen LogP contribution < -0.4 is 10.1 Å². The lowest BCUT2D eigenvalue weighted by molar-refractivity contribution is -0.139. The van der Waals surface area contributed by atoms with Crippen LogP contribution in [0.3, 0.4) is 0 Å². The number of likely N-dealkylation sites (N-methyl/N-ethyl adjacent to an activating group) is 2. The summed E-state index contributed by atoms with van der Waals surface area (Å²) in [6, 6.07) is 15.0. The minimum atomic E-state index is -0.381. The van der Waals surface area contributed by atoms with Crippen LogP contribution in [0.25, 0.3) is 0 Å². The molecule has 9 nitrogen and oxygen atoms in total. The molecule has 9 heteroatoms. The number of carbonyl (C=O) groups excluding carboxylic acids is 3. The number of carbonyl (C=O) groups is 3. The van der Waals surface area contributed by atoms with E-state index in [1.54, 1.807) is 11.9 Å². The van der Waals surface area contributed by atoms with Gasteiger partial charge in [0.25, 0.3) is 0 Å². The Labute approximate surface area is 218 Å². The molecule has 4 bridgehead atoms. The molecule has 0 spiro atoms. The molecule has 0 radical (unpaired) electrons. The zero-order valence-electron chi connectivity index (χ0n) is 21.8. The highest BCUT2D eigenvalue weighted by molar-refractivity contribution is 5.85. The maximum absolute atomic E-state index is 12.9. The van der Waals surface area contributed by atoms with Crippen LogP contribution in [0.15, 0.2) is 48.5 Å². The van der Waals surface area contributed by atoms with Gasteiger partial charge in [0.1, 0.15) is 11.5 Å². The number of benzene rings is 2. The quantitative estimate of drug-likeness (QED) is 0.668. The lowest BCUT2D eigenvalue weighted by Crippen LogP contribution is -2.59. The maximum atomic E-state index is 12.9. The first-order chi connectivity index (χ1) is 17.8. The molecule has 3 amide bonds. The molecule has 2 aromatic rings. The van der Waals surface area contributed by atoms with Crippen LogP contribution in [0, 0.1) is 0 Å². The van der Waals surface area contributed by atoms with Gasteiger partial charge in [-0.05, 0) is 62.3 Å². The molecular formula is C28H36N4O5. The minimum Gasteiger partial charge on any atom is -0.457 e. The molecule has 198 valence electrons. The Morgan fingerprint density at radius 3 is 2.49 bits per heavy atom. The summed E-state index contributed by atoms with van der Waals surface area (Å²) in [5, 5.41) is 3.03. The van der Waals surface area contributed by atoms with Crippen molar-refractivity contribution in [3.63, 3.8) is 0 Å². The normalized spacial score (nSPS) is 21.4. The Morgan fingerprint density at radius 1 is 1.05 bits per heavy atom. The Hall–Kier alpha value is -3.43. The summed E-state index contributed by atoms with van der Waals surface area (Å²) < 4.78 is 12.4. The van der Waals surface area contributed by atoms with Gasteiger partial charge in [0.05, 0.1) is 31.8 Å². The van der Waals surface area contributed by atoms with Gasteiger partial charge in [-0.25, -0.2) is 0 Å². The van der Waals surface area contributed by atoms with Gasteiger partial charge < -0.3 is 29.5 Å². The fraction of sp³-hybridized carbons (Fsp3) is 0.464. The van der Waals surface area contributed by atoms with E-state index in [0.29, 0.717) is 50.6 Å². The Morgan fingerprint density at radius 2 is 1.76 bits per heavy atom. The van der Waals surface area contributed by atoms with E-state index < -0.39 is 0 Å². The van der Waals surface area contributed by atoms with Crippen molar-refractivity contribution >= 4 is 17.7 Å². The first-order valence-corrected chi connectivity index (χ1v) is 12.7. The average molecular weight is 509 g/mol. The van der Waals surface area contributed by atoms with Gasteiger partial charge in [0.2, 0.25) is 17.7 Å². The Kier molecular flexibility index (Phi) is 8.78. The first kappa shape index (κ1) is 26.6. The number of likely N-dealkylation sites (tertiary alicyclic amines) is 1. The number of ether oxygens (including phenoxy) is 2. The van der Waals surface area contributed by atoms with Gasteiger partial charge in [-0.1, -0.05) is 24.3 Å². The van der Waals surface area contributed by atoms with Crippen LogP contribution in [0.1, 0.15) is 24.0 Å². The molecule has 37 heavy (non-hydrogen) atoms. The van der Waals surface area contributed by atoms with E-state index in [2.05, 4.69) is 5.32 Å². The van der Waals surface area contributed by atoms with Crippen molar-refractivity contribution in [3.05, 3.63) is 59.7 Å². The SMILES string of the molecule is CN(C)CC(=O)N1CC[C@H]2OCc3cccc(c3)Oc3cccc(c3)CCC(=O)N(C)CC(=O)N[C@H]2C1. The molecule has 0 aromatic heterocycles. The van der Waals surface area contributed by atoms with Crippen molar-refractivity contribution in [1.29, 1.82) is 0 Å². The summed E-state index contributed by atoms with van der Waals surface area (Å²) in [5.74, 6) is 1.03. The third-order valence-electron chi connectivity index (χ3n) is 6.63. The summed E-state index contributed by atoms with van der Waals surface area (Å²) in [6.45, 7) is 1.51. The van der Waals surface area contributed by atoms with E-state index in [4.69, 9.17) is 9.47 Å². The molecule has 0 saturated carbocycles. The van der Waals surface area contributed by atoms with E-state index in [1.165, 1.54) is 4.90 Å². The molecule has 4 rings (SSSR count). The van der Waals surface area contributed by atoms with E-state index >= 15 is 0 Å². The second-order valence-electron chi connectivity index (χ2n) is 10.0. The van der Waals surface area contributed by atoms with Crippen LogP contribution in [0.2, 0.25) is 0 Å². The molecule has 2 aromatic carbocycles. The number of piperidine rings is 1. The molecule has 1 saturated heterocycles. The highest BCUT2D eigenvalue weighted by atomic mass is 16.5. The third kappa shape index (κ3) is 7.53. The van der Waals surface area contributed by atoms with Gasteiger partial charge in [0, 0.05) is 26.6 Å². The highest BCUT2D eigenvalue weighted by Crippen LogP contribution is 2.25. The fourth-order valence-electron chi connectivity index (χ4n) is 4.67. The molecule has 0 aliphatic carbocycles. The fourth-order valence-corrected chi connectivity index (χ4v) is 4.67. The predicted octanol–water partition coefficient (Wildman–Crippen LogP) is 2.05. The number of aryl methyl sites for hydroxylation is 1. The Balaban J connectivity index is 1.55. The third-order valence-corrected chi connectivity index (χ3v) is 6.63. The number of hydrogen-bond donors (Lipinski definition) is 1. The maximum Gasteiger partial charge on any atom is 0.239 e. The van der Waals surface area contributed by atoms with E-state index in [-0.39, 0.29) is 42.8 Å². The van der Waals surface area contributed by atoms with Crippen LogP contribution in [-0.4, -0.2) is 91.9 Å². The van der Waals surface area contributed by atoms with Crippen LogP contribution >= 0.6 is 0 Å². The topological polar surface area (TPSA) is 91.4 Å². The van der Waals surface area contributed by atoms with E-state index in [0.717, 1.165) is 11.1 Å². The number of nitrogens with zero attached hydrogens (tertiary/aromatic N) is 3. The largest absolute Gasteiger partial charge is 0.457 e. The average Bonchev–Trinajstić information content (AvgIpc) is 2.86. The van der Waals surface area contributed by atoms with Crippen molar-refractivity contribution < 1.29 is 23.9 Å². The van der Waals surface area contributed by atoms with Crippen LogP contribution in [0.4, 0.5) is 0 Å². The summed E-state index contributed by atoms with van der Waals surface area (Å²) in [7, 11) is 5.34. The monoisotopic (exact) mass is 508 g/mol. The Bertz CT molecular complexity index is 1120. The second-order valence-corrected chi connectivity index (χ2v) is 10.0. The van der Waals surface area contributed by atoms with Gasteiger partial charge in [0.15, 0.2) is 0 Å². The molecule has 1 N–H and O–H groups in total. The zero-order valence-corrected chi connectivity index (χ0v) is 21.8. The zero-order chi connectivity index (χ0) is 26.4. The minimum absolute atomic E-state index is 0.0116. The van der Waals surface area contributed by atoms with Gasteiger partial charge >= 0.3 is 0 Å². The van der Waals surface area contributed by atoms with Gasteiger partial charge in [-0.15, -0.1) is 0 Å². The molecule has 2 atom stereocenters. The van der Waals surface area contributed by atoms with Crippen molar-refractivity contribution in [2.75, 3.05) is 47.3 Å². The highest BCUT2D eigenvalue weighted by Gasteiger charge is 2.33. The number of nitrogens with one attached hydrogen (secondary N) is 1. The number of fused-ring (bicyclic) bond motifs is 5. The summed E-state index contributed by atoms with van der Waals surface area (Å²) in [6.07, 6.45) is 1.16. The standard InChI is InChI=1S/C28H36N4O5/c1-30(2)18-28(35)32-13-12-25-24(16-32)29-26(33)17-31(3)27(34)11-10-20-6-4-8-22(14-20)37-23-9-5-7-21(15-23)19-36-25/h4-9,14-15,24-25H,10-13,16-19H2,1-3H3,(H,29,33)/t24-,25+/m0/s1. The van der Waals surface area contributed by atoms with Crippen LogP contribution in [-0.2, 0) is 32.1 Å². The first-order valence-electron chi connectivity index (χ1n) is 12.7. The lowest BCUT2D eigenvalue weighted by atomic mass is 10.0. The van der Waals surface area contributed by atoms with Crippen molar-refractivity contribution in [3.8, 4) is 11.5 Å².